The van der Waals surface area contributed by atoms with Crippen LogP contribution in [0.25, 0.3) is 21.4 Å². The topological polar surface area (TPSA) is 178 Å². The fourth-order valence-corrected chi connectivity index (χ4v) is 3.16. The molecule has 13 nitrogen and oxygen atoms in total. The summed E-state index contributed by atoms with van der Waals surface area (Å²) in [6.45, 7) is 4.80. The number of hydrogen-bond donors (Lipinski definition) is 0. The molecule has 1 aliphatic heterocycles. The van der Waals surface area contributed by atoms with E-state index in [1.165, 1.54) is 12.1 Å². The molecule has 1 aliphatic rings. The molecular formula is C21H20N4O9. The van der Waals surface area contributed by atoms with Crippen LogP contribution in [0.5, 0.6) is 0 Å². The van der Waals surface area contributed by atoms with Gasteiger partial charge in [-0.25, -0.2) is 9.59 Å². The summed E-state index contributed by atoms with van der Waals surface area (Å²) in [4.78, 5) is 67.4. The molecule has 1 aromatic carbocycles. The average molecular weight is 472 g/mol. The molecule has 0 N–H and O–H groups in total. The lowest BCUT2D eigenvalue weighted by Gasteiger charge is -2.22. The van der Waals surface area contributed by atoms with Gasteiger partial charge in [0.05, 0.1) is 12.0 Å². The zero-order valence-corrected chi connectivity index (χ0v) is 18.5. The van der Waals surface area contributed by atoms with Gasteiger partial charge in [-0.3, -0.25) is 19.2 Å². The SMILES string of the molecule is Cc1c(CC(=O)OC(OC(=O)ON2C(=O)CCC2=O)C(C)C)c(=O)oc2cc(N=[N+]=[N-])ccc12. The highest BCUT2D eigenvalue weighted by Crippen LogP contribution is 2.25. The van der Waals surface area contributed by atoms with E-state index in [2.05, 4.69) is 14.9 Å². The van der Waals surface area contributed by atoms with E-state index in [1.807, 2.05) is 0 Å². The van der Waals surface area contributed by atoms with Gasteiger partial charge in [0.25, 0.3) is 18.1 Å². The van der Waals surface area contributed by atoms with E-state index in [1.54, 1.807) is 26.8 Å². The van der Waals surface area contributed by atoms with E-state index < -0.39 is 48.2 Å². The second-order valence-electron chi connectivity index (χ2n) is 7.68. The van der Waals surface area contributed by atoms with Crippen molar-refractivity contribution in [2.75, 3.05) is 0 Å². The number of amides is 2. The number of imide groups is 1. The van der Waals surface area contributed by atoms with Gasteiger partial charge >= 0.3 is 17.8 Å². The van der Waals surface area contributed by atoms with Crippen LogP contribution in [0, 0.1) is 12.8 Å². The maximum absolute atomic E-state index is 12.5. The Balaban J connectivity index is 1.72. The standard InChI is InChI=1S/C21H20N4O9/c1-10(2)20(33-21(30)34-25-16(26)6-7-17(25)27)32-18(28)9-14-11(3)13-5-4-12(23-24-22)8-15(13)31-19(14)29/h4-5,8,10,20H,6-7,9H2,1-3H3. The van der Waals surface area contributed by atoms with Crippen LogP contribution in [0.15, 0.2) is 32.5 Å². The number of hydrogen-bond acceptors (Lipinski definition) is 10. The van der Waals surface area contributed by atoms with Gasteiger partial charge in [-0.15, -0.1) is 0 Å². The Morgan fingerprint density at radius 1 is 1.18 bits per heavy atom. The highest BCUT2D eigenvalue weighted by atomic mass is 16.9. The fourth-order valence-electron chi connectivity index (χ4n) is 3.16. The van der Waals surface area contributed by atoms with Crippen molar-refractivity contribution in [2.24, 2.45) is 11.0 Å². The zero-order valence-electron chi connectivity index (χ0n) is 18.5. The lowest BCUT2D eigenvalue weighted by atomic mass is 10.0. The predicted octanol–water partition coefficient (Wildman–Crippen LogP) is 3.33. The van der Waals surface area contributed by atoms with Gasteiger partial charge in [0.15, 0.2) is 0 Å². The molecule has 0 radical (unpaired) electrons. The number of azide groups is 1. The Labute approximate surface area is 191 Å². The molecule has 178 valence electrons. The number of aryl methyl sites for hydroxylation is 1. The number of nitrogens with zero attached hydrogens (tertiary/aromatic N) is 4. The first-order valence-corrected chi connectivity index (χ1v) is 10.2. The Hall–Kier alpha value is -4.38. The van der Waals surface area contributed by atoms with Gasteiger partial charge in [0.2, 0.25) is 0 Å². The predicted molar refractivity (Wildman–Crippen MR) is 113 cm³/mol. The smallest absolute Gasteiger partial charge is 0.424 e. The van der Waals surface area contributed by atoms with E-state index >= 15 is 0 Å². The molecular weight excluding hydrogens is 452 g/mol. The maximum atomic E-state index is 12.5. The Morgan fingerprint density at radius 2 is 1.85 bits per heavy atom. The molecule has 0 aliphatic carbocycles. The van der Waals surface area contributed by atoms with Crippen molar-refractivity contribution < 1.29 is 37.9 Å². The highest BCUT2D eigenvalue weighted by Gasteiger charge is 2.35. The molecule has 1 saturated heterocycles. The summed E-state index contributed by atoms with van der Waals surface area (Å²) >= 11 is 0. The molecule has 3 rings (SSSR count). The largest absolute Gasteiger partial charge is 0.537 e. The van der Waals surface area contributed by atoms with Crippen molar-refractivity contribution in [1.29, 1.82) is 0 Å². The van der Waals surface area contributed by atoms with Gasteiger partial charge in [-0.2, -0.15) is 0 Å². The molecule has 13 heteroatoms. The molecule has 0 bridgehead atoms. The summed E-state index contributed by atoms with van der Waals surface area (Å²) in [5, 5.41) is 4.28. The molecule has 2 heterocycles. The van der Waals surface area contributed by atoms with Crippen molar-refractivity contribution in [2.45, 2.75) is 46.3 Å². The van der Waals surface area contributed by atoms with Crippen LogP contribution in [-0.4, -0.2) is 35.3 Å². The molecule has 1 atom stereocenters. The Morgan fingerprint density at radius 3 is 2.47 bits per heavy atom. The molecule has 0 spiro atoms. The Bertz CT molecular complexity index is 1260. The quantitative estimate of drug-likeness (QED) is 0.111. The van der Waals surface area contributed by atoms with Crippen LogP contribution in [0.1, 0.15) is 37.8 Å². The van der Waals surface area contributed by atoms with E-state index in [0.717, 1.165) is 0 Å². The van der Waals surface area contributed by atoms with Gasteiger partial charge in [-0.05, 0) is 24.1 Å². The van der Waals surface area contributed by atoms with Crippen LogP contribution in [-0.2, 0) is 35.1 Å². The minimum Gasteiger partial charge on any atom is -0.424 e. The first kappa shape index (κ1) is 24.3. The third-order valence-electron chi connectivity index (χ3n) is 4.93. The molecule has 0 saturated carbocycles. The number of ether oxygens (including phenoxy) is 2. The lowest BCUT2D eigenvalue weighted by Crippen LogP contribution is -2.36. The molecule has 1 aromatic heterocycles. The fraction of sp³-hybridized carbons (Fsp3) is 0.381. The zero-order chi connectivity index (χ0) is 25.0. The summed E-state index contributed by atoms with van der Waals surface area (Å²) < 4.78 is 15.4. The summed E-state index contributed by atoms with van der Waals surface area (Å²) in [7, 11) is 0. The molecule has 2 aromatic rings. The van der Waals surface area contributed by atoms with Crippen molar-refractivity contribution in [3.05, 3.63) is 50.2 Å². The van der Waals surface area contributed by atoms with Gasteiger partial charge in [0, 0.05) is 34.7 Å². The van der Waals surface area contributed by atoms with Crippen LogP contribution in [0.4, 0.5) is 10.5 Å². The summed E-state index contributed by atoms with van der Waals surface area (Å²) in [6.07, 6.45) is -3.46. The third kappa shape index (κ3) is 5.33. The minimum atomic E-state index is -1.41. The monoisotopic (exact) mass is 472 g/mol. The Kier molecular flexibility index (Phi) is 7.17. The van der Waals surface area contributed by atoms with Crippen molar-refractivity contribution in [1.82, 2.24) is 5.06 Å². The number of rotatable bonds is 7. The minimum absolute atomic E-state index is 0.0346. The van der Waals surface area contributed by atoms with Crippen LogP contribution in [0.2, 0.25) is 0 Å². The number of esters is 1. The normalized spacial score (nSPS) is 14.2. The molecule has 2 amide bonds. The van der Waals surface area contributed by atoms with Gasteiger partial charge < -0.3 is 13.9 Å². The van der Waals surface area contributed by atoms with Crippen LogP contribution in [0.3, 0.4) is 0 Å². The van der Waals surface area contributed by atoms with Crippen LogP contribution < -0.4 is 5.63 Å². The average Bonchev–Trinajstić information content (AvgIpc) is 3.08. The summed E-state index contributed by atoms with van der Waals surface area (Å²) in [5.74, 6) is -2.79. The lowest BCUT2D eigenvalue weighted by molar-refractivity contribution is -0.198. The summed E-state index contributed by atoms with van der Waals surface area (Å²) in [6, 6.07) is 4.51. The number of hydroxylamine groups is 2. The molecule has 1 fully saturated rings. The number of fused-ring (bicyclic) bond motifs is 1. The van der Waals surface area contributed by atoms with E-state index in [-0.39, 0.29) is 29.7 Å². The van der Waals surface area contributed by atoms with Gasteiger partial charge in [-0.1, -0.05) is 36.2 Å². The second-order valence-corrected chi connectivity index (χ2v) is 7.68. The van der Waals surface area contributed by atoms with E-state index in [4.69, 9.17) is 19.4 Å². The summed E-state index contributed by atoms with van der Waals surface area (Å²) in [5.41, 5.74) is 8.70. The van der Waals surface area contributed by atoms with E-state index in [9.17, 15) is 24.0 Å². The molecule has 1 unspecified atom stereocenters. The van der Waals surface area contributed by atoms with Crippen molar-refractivity contribution in [3.63, 3.8) is 0 Å². The number of benzene rings is 1. The van der Waals surface area contributed by atoms with Crippen molar-refractivity contribution >= 4 is 40.6 Å². The van der Waals surface area contributed by atoms with E-state index in [0.29, 0.717) is 16.0 Å². The number of carbonyl (C=O) groups is 4. The maximum Gasteiger partial charge on any atom is 0.537 e. The molecule has 34 heavy (non-hydrogen) atoms. The van der Waals surface area contributed by atoms with Gasteiger partial charge in [0.1, 0.15) is 5.58 Å². The highest BCUT2D eigenvalue weighted by molar-refractivity contribution is 6.01. The first-order chi connectivity index (χ1) is 16.1. The van der Waals surface area contributed by atoms with Crippen molar-refractivity contribution in [3.8, 4) is 0 Å². The third-order valence-corrected chi connectivity index (χ3v) is 4.93. The second kappa shape index (κ2) is 10.0. The van der Waals surface area contributed by atoms with Crippen LogP contribution >= 0.6 is 0 Å². The number of carbonyl (C=O) groups excluding carboxylic acids is 4. The first-order valence-electron chi connectivity index (χ1n) is 10.2.